The fraction of sp³-hybridized carbons (Fsp3) is 0.450. The van der Waals surface area contributed by atoms with Crippen LogP contribution in [0.5, 0.6) is 0 Å². The van der Waals surface area contributed by atoms with Crippen LogP contribution in [0.4, 0.5) is 4.39 Å². The molecule has 0 spiro atoms. The molecule has 0 bridgehead atoms. The van der Waals surface area contributed by atoms with Gasteiger partial charge in [0, 0.05) is 43.3 Å². The van der Waals surface area contributed by atoms with Crippen LogP contribution in [0, 0.1) is 11.7 Å². The van der Waals surface area contributed by atoms with Gasteiger partial charge in [-0.1, -0.05) is 0 Å². The van der Waals surface area contributed by atoms with E-state index in [4.69, 9.17) is 0 Å². The van der Waals surface area contributed by atoms with Gasteiger partial charge in [0.1, 0.15) is 11.9 Å². The zero-order valence-electron chi connectivity index (χ0n) is 14.9. The van der Waals surface area contributed by atoms with E-state index in [1.807, 2.05) is 17.8 Å². The SMILES string of the molecule is Cn1c(CN2CCn3nc([C@H](O)C4CC4)cc3C2)cc2cc(F)ccc21. The Morgan fingerprint density at radius 2 is 2.08 bits per heavy atom. The molecule has 1 aliphatic heterocycles. The minimum absolute atomic E-state index is 0.196. The summed E-state index contributed by atoms with van der Waals surface area (Å²) in [5, 5.41) is 15.9. The molecule has 1 aliphatic carbocycles. The van der Waals surface area contributed by atoms with Crippen LogP contribution in [0.3, 0.4) is 0 Å². The van der Waals surface area contributed by atoms with Crippen molar-refractivity contribution < 1.29 is 9.50 Å². The van der Waals surface area contributed by atoms with Crippen molar-refractivity contribution in [2.45, 2.75) is 38.6 Å². The molecule has 26 heavy (non-hydrogen) atoms. The summed E-state index contributed by atoms with van der Waals surface area (Å²) in [6, 6.07) is 9.08. The van der Waals surface area contributed by atoms with Crippen molar-refractivity contribution in [3.63, 3.8) is 0 Å². The van der Waals surface area contributed by atoms with Gasteiger partial charge in [0.05, 0.1) is 17.9 Å². The third-order valence-corrected chi connectivity index (χ3v) is 5.76. The molecular formula is C20H23FN4O. The Morgan fingerprint density at radius 3 is 2.88 bits per heavy atom. The van der Waals surface area contributed by atoms with Crippen molar-refractivity contribution in [1.82, 2.24) is 19.2 Å². The van der Waals surface area contributed by atoms with E-state index in [-0.39, 0.29) is 5.82 Å². The van der Waals surface area contributed by atoms with E-state index in [9.17, 15) is 9.50 Å². The lowest BCUT2D eigenvalue weighted by molar-refractivity contribution is 0.147. The third-order valence-electron chi connectivity index (χ3n) is 5.76. The second-order valence-electron chi connectivity index (χ2n) is 7.67. The fourth-order valence-electron chi connectivity index (χ4n) is 4.03. The predicted molar refractivity (Wildman–Crippen MR) is 96.9 cm³/mol. The molecule has 1 atom stereocenters. The molecule has 1 N–H and O–H groups in total. The largest absolute Gasteiger partial charge is 0.386 e. The number of fused-ring (bicyclic) bond motifs is 2. The highest BCUT2D eigenvalue weighted by molar-refractivity contribution is 5.81. The molecule has 6 heteroatoms. The van der Waals surface area contributed by atoms with Crippen molar-refractivity contribution >= 4 is 10.9 Å². The average Bonchev–Trinajstić information content (AvgIpc) is 3.32. The Morgan fingerprint density at radius 1 is 1.23 bits per heavy atom. The normalized spacial score (nSPS) is 19.0. The minimum Gasteiger partial charge on any atom is -0.386 e. The van der Waals surface area contributed by atoms with Gasteiger partial charge in [-0.2, -0.15) is 5.10 Å². The number of rotatable bonds is 4. The summed E-state index contributed by atoms with van der Waals surface area (Å²) in [6.45, 7) is 3.40. The third kappa shape index (κ3) is 2.73. The molecule has 1 fully saturated rings. The number of hydrogen-bond donors (Lipinski definition) is 1. The van der Waals surface area contributed by atoms with Crippen LogP contribution in [-0.2, 0) is 26.7 Å². The zero-order chi connectivity index (χ0) is 17.8. The summed E-state index contributed by atoms with van der Waals surface area (Å²) in [5.41, 5.74) is 4.22. The number of aliphatic hydroxyl groups is 1. The summed E-state index contributed by atoms with van der Waals surface area (Å²) >= 11 is 0. The maximum absolute atomic E-state index is 13.5. The quantitative estimate of drug-likeness (QED) is 0.784. The van der Waals surface area contributed by atoms with Gasteiger partial charge in [0.2, 0.25) is 0 Å². The van der Waals surface area contributed by atoms with Crippen LogP contribution in [0.1, 0.15) is 36.0 Å². The molecule has 136 valence electrons. The Labute approximate surface area is 151 Å². The van der Waals surface area contributed by atoms with E-state index >= 15 is 0 Å². The number of aliphatic hydroxyl groups excluding tert-OH is 1. The number of halogens is 1. The highest BCUT2D eigenvalue weighted by atomic mass is 19.1. The molecule has 0 radical (unpaired) electrons. The van der Waals surface area contributed by atoms with Crippen molar-refractivity contribution in [1.29, 1.82) is 0 Å². The van der Waals surface area contributed by atoms with Crippen molar-refractivity contribution in [2.75, 3.05) is 6.54 Å². The smallest absolute Gasteiger partial charge is 0.123 e. The van der Waals surface area contributed by atoms with Crippen LogP contribution in [-0.4, -0.2) is 30.9 Å². The van der Waals surface area contributed by atoms with Crippen LogP contribution in [0.25, 0.3) is 10.9 Å². The Kier molecular flexibility index (Phi) is 3.65. The van der Waals surface area contributed by atoms with E-state index < -0.39 is 6.10 Å². The summed E-state index contributed by atoms with van der Waals surface area (Å²) in [5.74, 6) is 0.206. The van der Waals surface area contributed by atoms with Crippen LogP contribution in [0.2, 0.25) is 0 Å². The van der Waals surface area contributed by atoms with Gasteiger partial charge < -0.3 is 9.67 Å². The van der Waals surface area contributed by atoms with Gasteiger partial charge in [-0.25, -0.2) is 4.39 Å². The predicted octanol–water partition coefficient (Wildman–Crippen LogP) is 2.97. The van der Waals surface area contributed by atoms with Gasteiger partial charge in [0.25, 0.3) is 0 Å². The molecule has 3 heterocycles. The van der Waals surface area contributed by atoms with Crippen molar-refractivity contribution in [3.05, 3.63) is 53.2 Å². The van der Waals surface area contributed by atoms with Crippen molar-refractivity contribution in [2.24, 2.45) is 13.0 Å². The Balaban J connectivity index is 1.35. The Hall–Kier alpha value is -2.18. The van der Waals surface area contributed by atoms with Crippen LogP contribution >= 0.6 is 0 Å². The summed E-state index contributed by atoms with van der Waals surface area (Å²) in [7, 11) is 2.04. The molecule has 5 rings (SSSR count). The summed E-state index contributed by atoms with van der Waals surface area (Å²) in [6.07, 6.45) is 1.81. The van der Waals surface area contributed by atoms with Crippen molar-refractivity contribution in [3.8, 4) is 0 Å². The Bertz CT molecular complexity index is 972. The van der Waals surface area contributed by atoms with E-state index in [2.05, 4.69) is 26.7 Å². The maximum Gasteiger partial charge on any atom is 0.123 e. The number of nitrogens with zero attached hydrogens (tertiary/aromatic N) is 4. The topological polar surface area (TPSA) is 46.2 Å². The monoisotopic (exact) mass is 354 g/mol. The minimum atomic E-state index is -0.408. The highest BCUT2D eigenvalue weighted by Gasteiger charge is 2.33. The van der Waals surface area contributed by atoms with E-state index in [1.165, 1.54) is 11.8 Å². The fourth-order valence-corrected chi connectivity index (χ4v) is 4.03. The second-order valence-corrected chi connectivity index (χ2v) is 7.67. The van der Waals surface area contributed by atoms with Gasteiger partial charge in [-0.05, 0) is 49.1 Å². The molecule has 1 saturated carbocycles. The molecule has 2 aromatic heterocycles. The van der Waals surface area contributed by atoms with Gasteiger partial charge in [-0.15, -0.1) is 0 Å². The molecule has 2 aliphatic rings. The van der Waals surface area contributed by atoms with Crippen LogP contribution in [0.15, 0.2) is 30.3 Å². The lowest BCUT2D eigenvalue weighted by Gasteiger charge is -2.27. The molecule has 0 unspecified atom stereocenters. The lowest BCUT2D eigenvalue weighted by atomic mass is 10.1. The molecular weight excluding hydrogens is 331 g/mol. The summed E-state index contributed by atoms with van der Waals surface area (Å²) < 4.78 is 17.7. The molecule has 0 saturated heterocycles. The first-order valence-electron chi connectivity index (χ1n) is 9.29. The van der Waals surface area contributed by atoms with E-state index in [0.29, 0.717) is 5.92 Å². The first-order valence-corrected chi connectivity index (χ1v) is 9.29. The average molecular weight is 354 g/mol. The summed E-state index contributed by atoms with van der Waals surface area (Å²) in [4.78, 5) is 2.38. The number of hydrogen-bond acceptors (Lipinski definition) is 3. The molecule has 3 aromatic rings. The van der Waals surface area contributed by atoms with E-state index in [0.717, 1.165) is 61.3 Å². The highest BCUT2D eigenvalue weighted by Crippen LogP contribution is 2.40. The molecule has 5 nitrogen and oxygen atoms in total. The standard InChI is InChI=1S/C20H23FN4O/c1-23-16(9-14-8-15(21)4-5-19(14)23)11-24-6-7-25-17(12-24)10-18(22-25)20(26)13-2-3-13/h4-5,8-10,13,20,26H,2-3,6-7,11-12H2,1H3/t20-/m1/s1. The van der Waals surface area contributed by atoms with Gasteiger partial charge in [-0.3, -0.25) is 9.58 Å². The van der Waals surface area contributed by atoms with Gasteiger partial charge in [0.15, 0.2) is 0 Å². The molecule has 1 aromatic carbocycles. The lowest BCUT2D eigenvalue weighted by Crippen LogP contribution is -2.33. The number of aryl methyl sites for hydroxylation is 1. The second kappa shape index (κ2) is 5.93. The zero-order valence-corrected chi connectivity index (χ0v) is 14.9. The molecule has 0 amide bonds. The van der Waals surface area contributed by atoms with Crippen LogP contribution < -0.4 is 0 Å². The maximum atomic E-state index is 13.5. The van der Waals surface area contributed by atoms with Gasteiger partial charge >= 0.3 is 0 Å². The number of benzene rings is 1. The van der Waals surface area contributed by atoms with E-state index in [1.54, 1.807) is 6.07 Å². The first kappa shape index (κ1) is 16.0. The number of aromatic nitrogens is 3. The first-order chi connectivity index (χ1) is 12.6.